The fourth-order valence-electron chi connectivity index (χ4n) is 4.37. The molecule has 0 bridgehead atoms. The van der Waals surface area contributed by atoms with Crippen LogP contribution in [0.2, 0.25) is 0 Å². The molecule has 1 aromatic heterocycles. The maximum absolute atomic E-state index is 13.6. The Labute approximate surface area is 235 Å². The normalized spacial score (nSPS) is 11.5. The Balaban J connectivity index is 1.37. The largest absolute Gasteiger partial charge is 0.490 e. The fraction of sp³-hybridized carbons (Fsp3) is 0.188. The molecule has 0 unspecified atom stereocenters. The number of fused-ring (bicyclic) bond motifs is 1. The Morgan fingerprint density at radius 1 is 0.878 bits per heavy atom. The molecule has 0 saturated carbocycles. The van der Waals surface area contributed by atoms with Crippen LogP contribution in [0.5, 0.6) is 11.5 Å². The van der Waals surface area contributed by atoms with Crippen molar-refractivity contribution in [2.45, 2.75) is 25.8 Å². The Morgan fingerprint density at radius 2 is 1.63 bits per heavy atom. The van der Waals surface area contributed by atoms with Gasteiger partial charge in [-0.15, -0.1) is 0 Å². The Kier molecular flexibility index (Phi) is 9.88. The van der Waals surface area contributed by atoms with Gasteiger partial charge in [0.25, 0.3) is 0 Å². The van der Waals surface area contributed by atoms with E-state index in [1.54, 1.807) is 22.9 Å². The van der Waals surface area contributed by atoms with Crippen LogP contribution in [0.4, 0.5) is 8.78 Å². The predicted molar refractivity (Wildman–Crippen MR) is 152 cm³/mol. The van der Waals surface area contributed by atoms with Gasteiger partial charge >= 0.3 is 11.9 Å². The third kappa shape index (κ3) is 8.28. The van der Waals surface area contributed by atoms with Gasteiger partial charge in [0.2, 0.25) is 0 Å². The standard InChI is InChI=1S/C32H29F2NO6/c33-25-13-16-29(28(34)19-25)41-18-2-1-17-40-26-14-10-22(11-15-26)9-12-23-5-3-7-27-24(6-4-8-30(36)37)20-35(32(23)27)21-31(38)39/h1-3,5,7,9-16,19-20H,4,6,8,17-18,21H2,(H,36,37)(H,38,39)/b2-1+,12-9+. The van der Waals surface area contributed by atoms with Gasteiger partial charge < -0.3 is 24.3 Å². The highest BCUT2D eigenvalue weighted by atomic mass is 19.1. The molecule has 9 heteroatoms. The third-order valence-electron chi connectivity index (χ3n) is 6.23. The highest BCUT2D eigenvalue weighted by molar-refractivity contribution is 5.94. The maximum atomic E-state index is 13.6. The monoisotopic (exact) mass is 561 g/mol. The fourth-order valence-corrected chi connectivity index (χ4v) is 4.37. The van der Waals surface area contributed by atoms with Crippen LogP contribution in [0.1, 0.15) is 29.5 Å². The van der Waals surface area contributed by atoms with Crippen molar-refractivity contribution >= 4 is 35.0 Å². The molecule has 0 aliphatic rings. The molecule has 41 heavy (non-hydrogen) atoms. The van der Waals surface area contributed by atoms with Crippen molar-refractivity contribution in [3.05, 3.63) is 107 Å². The number of aryl methyl sites for hydroxylation is 1. The van der Waals surface area contributed by atoms with Crippen molar-refractivity contribution in [1.82, 2.24) is 4.57 Å². The number of para-hydroxylation sites is 1. The lowest BCUT2D eigenvalue weighted by Gasteiger charge is -2.06. The van der Waals surface area contributed by atoms with Crippen molar-refractivity contribution in [3.63, 3.8) is 0 Å². The molecule has 0 radical (unpaired) electrons. The van der Waals surface area contributed by atoms with E-state index in [1.165, 1.54) is 6.07 Å². The highest BCUT2D eigenvalue weighted by Gasteiger charge is 2.13. The van der Waals surface area contributed by atoms with Gasteiger partial charge in [-0.3, -0.25) is 9.59 Å². The smallest absolute Gasteiger partial charge is 0.323 e. The topological polar surface area (TPSA) is 98.0 Å². The Hall–Kier alpha value is -4.92. The maximum Gasteiger partial charge on any atom is 0.323 e. The quantitative estimate of drug-likeness (QED) is 0.133. The van der Waals surface area contributed by atoms with Gasteiger partial charge in [-0.25, -0.2) is 8.78 Å². The molecule has 0 saturated heterocycles. The van der Waals surface area contributed by atoms with Crippen LogP contribution in [0.3, 0.4) is 0 Å². The van der Waals surface area contributed by atoms with Crippen molar-refractivity contribution in [2.75, 3.05) is 13.2 Å². The molecular formula is C32H29F2NO6. The van der Waals surface area contributed by atoms with E-state index in [-0.39, 0.29) is 31.9 Å². The lowest BCUT2D eigenvalue weighted by atomic mass is 10.0. The molecule has 2 N–H and O–H groups in total. The second-order valence-corrected chi connectivity index (χ2v) is 9.24. The summed E-state index contributed by atoms with van der Waals surface area (Å²) in [5.74, 6) is -2.61. The lowest BCUT2D eigenvalue weighted by molar-refractivity contribution is -0.138. The average Bonchev–Trinajstić information content (AvgIpc) is 3.28. The number of benzene rings is 3. The summed E-state index contributed by atoms with van der Waals surface area (Å²) in [4.78, 5) is 22.4. The highest BCUT2D eigenvalue weighted by Crippen LogP contribution is 2.28. The molecule has 0 amide bonds. The number of hydrogen-bond donors (Lipinski definition) is 2. The average molecular weight is 562 g/mol. The number of hydrogen-bond acceptors (Lipinski definition) is 4. The lowest BCUT2D eigenvalue weighted by Crippen LogP contribution is -2.07. The summed E-state index contributed by atoms with van der Waals surface area (Å²) in [6.45, 7) is 0.194. The molecule has 4 aromatic rings. The molecule has 212 valence electrons. The van der Waals surface area contributed by atoms with Gasteiger partial charge in [0.15, 0.2) is 11.6 Å². The van der Waals surface area contributed by atoms with E-state index in [1.807, 2.05) is 54.6 Å². The summed E-state index contributed by atoms with van der Waals surface area (Å²) in [6, 6.07) is 16.3. The first-order valence-electron chi connectivity index (χ1n) is 13.0. The van der Waals surface area contributed by atoms with E-state index in [0.29, 0.717) is 18.6 Å². The van der Waals surface area contributed by atoms with Crippen LogP contribution < -0.4 is 9.47 Å². The molecule has 0 spiro atoms. The van der Waals surface area contributed by atoms with Crippen molar-refractivity contribution < 1.29 is 38.1 Å². The minimum absolute atomic E-state index is 0.0249. The molecule has 0 aliphatic heterocycles. The molecule has 0 atom stereocenters. The molecule has 4 rings (SSSR count). The van der Waals surface area contributed by atoms with Gasteiger partial charge in [-0.05, 0) is 65.9 Å². The van der Waals surface area contributed by atoms with Crippen LogP contribution in [0.15, 0.2) is 79.0 Å². The summed E-state index contributed by atoms with van der Waals surface area (Å²) >= 11 is 0. The Morgan fingerprint density at radius 3 is 2.34 bits per heavy atom. The predicted octanol–water partition coefficient (Wildman–Crippen LogP) is 6.60. The zero-order chi connectivity index (χ0) is 29.2. The van der Waals surface area contributed by atoms with Crippen molar-refractivity contribution in [1.29, 1.82) is 0 Å². The first-order valence-corrected chi connectivity index (χ1v) is 13.0. The number of aliphatic carboxylic acids is 2. The van der Waals surface area contributed by atoms with E-state index in [2.05, 4.69) is 0 Å². The second-order valence-electron chi connectivity index (χ2n) is 9.24. The summed E-state index contributed by atoms with van der Waals surface area (Å²) in [7, 11) is 0. The number of halogens is 2. The van der Waals surface area contributed by atoms with Gasteiger partial charge in [0.05, 0.1) is 5.52 Å². The van der Waals surface area contributed by atoms with Crippen molar-refractivity contribution in [3.8, 4) is 11.5 Å². The number of carbonyl (C=O) groups is 2. The van der Waals surface area contributed by atoms with E-state index in [9.17, 15) is 23.5 Å². The molecule has 7 nitrogen and oxygen atoms in total. The van der Waals surface area contributed by atoms with E-state index >= 15 is 0 Å². The van der Waals surface area contributed by atoms with Gasteiger partial charge in [0, 0.05) is 24.1 Å². The Bertz CT molecular complexity index is 1570. The summed E-state index contributed by atoms with van der Waals surface area (Å²) in [6.07, 6.45) is 10.1. The van der Waals surface area contributed by atoms with E-state index in [4.69, 9.17) is 14.6 Å². The molecule has 1 heterocycles. The number of ether oxygens (including phenoxy) is 2. The van der Waals surface area contributed by atoms with Crippen LogP contribution >= 0.6 is 0 Å². The van der Waals surface area contributed by atoms with E-state index in [0.717, 1.165) is 39.7 Å². The van der Waals surface area contributed by atoms with Crippen LogP contribution in [0, 0.1) is 11.6 Å². The summed E-state index contributed by atoms with van der Waals surface area (Å²) in [5.41, 5.74) is 3.47. The molecule has 0 aliphatic carbocycles. The molecule has 3 aromatic carbocycles. The SMILES string of the molecule is O=C(O)CCCc1cn(CC(=O)O)c2c(/C=C/c3ccc(OC/C=C/COc4ccc(F)cc4F)cc3)cccc12. The van der Waals surface area contributed by atoms with E-state index < -0.39 is 23.6 Å². The zero-order valence-electron chi connectivity index (χ0n) is 22.1. The number of aromatic nitrogens is 1. The van der Waals surface area contributed by atoms with Gasteiger partial charge in [-0.2, -0.15) is 0 Å². The second kappa shape index (κ2) is 13.9. The summed E-state index contributed by atoms with van der Waals surface area (Å²) in [5, 5.41) is 19.3. The number of carboxylic acids is 2. The first-order chi connectivity index (χ1) is 19.8. The van der Waals surface area contributed by atoms with Gasteiger partial charge in [0.1, 0.15) is 31.3 Å². The number of nitrogens with zero attached hydrogens (tertiary/aromatic N) is 1. The van der Waals surface area contributed by atoms with Crippen molar-refractivity contribution in [2.24, 2.45) is 0 Å². The zero-order valence-corrected chi connectivity index (χ0v) is 22.1. The van der Waals surface area contributed by atoms with Gasteiger partial charge in [-0.1, -0.05) is 42.5 Å². The number of carboxylic acid groups (broad SMARTS) is 2. The minimum Gasteiger partial charge on any atom is -0.490 e. The molecular weight excluding hydrogens is 532 g/mol. The first kappa shape index (κ1) is 29.1. The van der Waals surface area contributed by atoms with Crippen LogP contribution in [0.25, 0.3) is 23.1 Å². The van der Waals surface area contributed by atoms with Crippen LogP contribution in [-0.4, -0.2) is 39.9 Å². The van der Waals surface area contributed by atoms with Crippen LogP contribution in [-0.2, 0) is 22.6 Å². The summed E-state index contributed by atoms with van der Waals surface area (Å²) < 4.78 is 39.2. The third-order valence-corrected chi connectivity index (χ3v) is 6.23. The number of rotatable bonds is 14. The minimum atomic E-state index is -0.961. The molecule has 0 fully saturated rings.